The molecule has 0 radical (unpaired) electrons. The summed E-state index contributed by atoms with van der Waals surface area (Å²) in [5.41, 5.74) is 2.06. The normalized spacial score (nSPS) is 14.5. The fourth-order valence-corrected chi connectivity index (χ4v) is 2.46. The first-order valence-electron chi connectivity index (χ1n) is 6.00. The predicted octanol–water partition coefficient (Wildman–Crippen LogP) is 2.24. The number of nitrogens with zero attached hydrogens (tertiary/aromatic N) is 2. The molecule has 1 aliphatic rings. The highest BCUT2D eigenvalue weighted by molar-refractivity contribution is 5.39. The summed E-state index contributed by atoms with van der Waals surface area (Å²) in [6, 6.07) is 1.99. The molecular weight excluding hydrogens is 255 g/mol. The van der Waals surface area contributed by atoms with E-state index in [2.05, 4.69) is 10.3 Å². The van der Waals surface area contributed by atoms with Crippen LogP contribution in [0.5, 0.6) is 0 Å². The van der Waals surface area contributed by atoms with Gasteiger partial charge in [-0.3, -0.25) is 0 Å². The maximum atomic E-state index is 13.3. The minimum atomic E-state index is -1.45. The van der Waals surface area contributed by atoms with Gasteiger partial charge in [0.25, 0.3) is 0 Å². The van der Waals surface area contributed by atoms with Crippen LogP contribution in [0.3, 0.4) is 0 Å². The second-order valence-corrected chi connectivity index (χ2v) is 4.54. The zero-order valence-electron chi connectivity index (χ0n) is 10.3. The summed E-state index contributed by atoms with van der Waals surface area (Å²) in [5.74, 6) is -3.19. The highest BCUT2D eigenvalue weighted by Gasteiger charge is 2.20. The molecule has 6 heteroatoms. The molecule has 1 aliphatic heterocycles. The molecule has 2 aromatic rings. The Hall–Kier alpha value is -1.82. The van der Waals surface area contributed by atoms with Gasteiger partial charge in [0, 0.05) is 37.3 Å². The molecule has 0 bridgehead atoms. The van der Waals surface area contributed by atoms with Crippen LogP contribution in [0.4, 0.5) is 13.2 Å². The molecule has 0 saturated heterocycles. The van der Waals surface area contributed by atoms with Crippen LogP contribution in [0.1, 0.15) is 17.2 Å². The Bertz CT molecular complexity index is 626. The van der Waals surface area contributed by atoms with Crippen molar-refractivity contribution in [3.8, 4) is 5.69 Å². The minimum absolute atomic E-state index is 0.268. The molecule has 3 rings (SSSR count). The number of aryl methyl sites for hydroxylation is 1. The number of nitrogens with one attached hydrogen (secondary N) is 1. The van der Waals surface area contributed by atoms with E-state index in [9.17, 15) is 13.2 Å². The van der Waals surface area contributed by atoms with Gasteiger partial charge in [-0.1, -0.05) is 0 Å². The average Bonchev–Trinajstić information content (AvgIpc) is 2.71. The lowest BCUT2D eigenvalue weighted by Gasteiger charge is -2.16. The smallest absolute Gasteiger partial charge is 0.194 e. The summed E-state index contributed by atoms with van der Waals surface area (Å²) in [6.07, 6.45) is 0.719. The minimum Gasteiger partial charge on any atom is -0.311 e. The van der Waals surface area contributed by atoms with Crippen molar-refractivity contribution in [3.63, 3.8) is 0 Å². The SMILES string of the molecule is Cc1nc2c(n1-c1cc(F)c(F)c(F)c1)CCNC2. The van der Waals surface area contributed by atoms with Crippen LogP contribution in [0.15, 0.2) is 12.1 Å². The molecule has 100 valence electrons. The second kappa shape index (κ2) is 4.38. The van der Waals surface area contributed by atoms with Crippen molar-refractivity contribution in [2.45, 2.75) is 19.9 Å². The van der Waals surface area contributed by atoms with E-state index in [1.54, 1.807) is 11.5 Å². The Kier molecular flexibility index (Phi) is 2.82. The lowest BCUT2D eigenvalue weighted by atomic mass is 10.1. The third kappa shape index (κ3) is 1.92. The van der Waals surface area contributed by atoms with Crippen molar-refractivity contribution in [1.29, 1.82) is 0 Å². The van der Waals surface area contributed by atoms with Gasteiger partial charge in [-0.25, -0.2) is 18.2 Å². The quantitative estimate of drug-likeness (QED) is 0.803. The number of benzene rings is 1. The Balaban J connectivity index is 2.19. The van der Waals surface area contributed by atoms with E-state index in [1.807, 2.05) is 0 Å². The molecule has 1 aromatic carbocycles. The molecule has 0 spiro atoms. The second-order valence-electron chi connectivity index (χ2n) is 4.54. The lowest BCUT2D eigenvalue weighted by molar-refractivity contribution is 0.446. The number of fused-ring (bicyclic) bond motifs is 1. The zero-order chi connectivity index (χ0) is 13.6. The molecule has 2 heterocycles. The molecular formula is C13H12F3N3. The monoisotopic (exact) mass is 267 g/mol. The molecule has 19 heavy (non-hydrogen) atoms. The van der Waals surface area contributed by atoms with Crippen LogP contribution in [0.25, 0.3) is 5.69 Å². The van der Waals surface area contributed by atoms with Crippen molar-refractivity contribution >= 4 is 0 Å². The fourth-order valence-electron chi connectivity index (χ4n) is 2.46. The Labute approximate surface area is 108 Å². The summed E-state index contributed by atoms with van der Waals surface area (Å²) in [6.45, 7) is 3.18. The Morgan fingerprint density at radius 3 is 2.58 bits per heavy atom. The largest absolute Gasteiger partial charge is 0.311 e. The molecule has 0 aliphatic carbocycles. The maximum absolute atomic E-state index is 13.3. The van der Waals surface area contributed by atoms with Gasteiger partial charge in [0.1, 0.15) is 5.82 Å². The van der Waals surface area contributed by atoms with Gasteiger partial charge in [0.2, 0.25) is 0 Å². The molecule has 0 amide bonds. The fraction of sp³-hybridized carbons (Fsp3) is 0.308. The topological polar surface area (TPSA) is 29.9 Å². The molecule has 3 nitrogen and oxygen atoms in total. The van der Waals surface area contributed by atoms with E-state index >= 15 is 0 Å². The van der Waals surface area contributed by atoms with Crippen LogP contribution in [0, 0.1) is 24.4 Å². The number of halogens is 3. The highest BCUT2D eigenvalue weighted by atomic mass is 19.2. The first kappa shape index (κ1) is 12.2. The van der Waals surface area contributed by atoms with Gasteiger partial charge in [-0.2, -0.15) is 0 Å². The van der Waals surface area contributed by atoms with Gasteiger partial charge in [-0.05, 0) is 6.92 Å². The summed E-state index contributed by atoms with van der Waals surface area (Å²) >= 11 is 0. The average molecular weight is 267 g/mol. The van der Waals surface area contributed by atoms with Gasteiger partial charge >= 0.3 is 0 Å². The van der Waals surface area contributed by atoms with Crippen molar-refractivity contribution in [1.82, 2.24) is 14.9 Å². The lowest BCUT2D eigenvalue weighted by Crippen LogP contribution is -2.24. The van der Waals surface area contributed by atoms with Crippen LogP contribution in [-0.4, -0.2) is 16.1 Å². The van der Waals surface area contributed by atoms with E-state index in [4.69, 9.17) is 0 Å². The molecule has 1 aromatic heterocycles. The first-order valence-corrected chi connectivity index (χ1v) is 6.00. The van der Waals surface area contributed by atoms with E-state index in [-0.39, 0.29) is 5.69 Å². The Morgan fingerprint density at radius 1 is 1.21 bits per heavy atom. The van der Waals surface area contributed by atoms with Gasteiger partial charge in [-0.15, -0.1) is 0 Å². The van der Waals surface area contributed by atoms with Gasteiger partial charge in [0.15, 0.2) is 17.5 Å². The number of hydrogen-bond acceptors (Lipinski definition) is 2. The van der Waals surface area contributed by atoms with Crippen molar-refractivity contribution < 1.29 is 13.2 Å². The van der Waals surface area contributed by atoms with Crippen molar-refractivity contribution in [3.05, 3.63) is 46.8 Å². The number of hydrogen-bond donors (Lipinski definition) is 1. The third-order valence-corrected chi connectivity index (χ3v) is 3.28. The highest BCUT2D eigenvalue weighted by Crippen LogP contribution is 2.23. The zero-order valence-corrected chi connectivity index (χ0v) is 10.3. The van der Waals surface area contributed by atoms with Crippen LogP contribution >= 0.6 is 0 Å². The van der Waals surface area contributed by atoms with Gasteiger partial charge in [0.05, 0.1) is 11.4 Å². The maximum Gasteiger partial charge on any atom is 0.194 e. The third-order valence-electron chi connectivity index (χ3n) is 3.28. The van der Waals surface area contributed by atoms with Crippen LogP contribution in [-0.2, 0) is 13.0 Å². The molecule has 0 saturated carbocycles. The van der Waals surface area contributed by atoms with Crippen molar-refractivity contribution in [2.75, 3.05) is 6.54 Å². The first-order chi connectivity index (χ1) is 9.08. The Morgan fingerprint density at radius 2 is 1.89 bits per heavy atom. The van der Waals surface area contributed by atoms with E-state index in [0.717, 1.165) is 36.5 Å². The molecule has 0 unspecified atom stereocenters. The molecule has 0 atom stereocenters. The van der Waals surface area contributed by atoms with Crippen molar-refractivity contribution in [2.24, 2.45) is 0 Å². The van der Waals surface area contributed by atoms with Crippen LogP contribution in [0.2, 0.25) is 0 Å². The molecule has 1 N–H and O–H groups in total. The van der Waals surface area contributed by atoms with E-state index in [1.165, 1.54) is 0 Å². The molecule has 0 fully saturated rings. The predicted molar refractivity (Wildman–Crippen MR) is 63.6 cm³/mol. The van der Waals surface area contributed by atoms with E-state index in [0.29, 0.717) is 12.4 Å². The number of aromatic nitrogens is 2. The summed E-state index contributed by atoms with van der Waals surface area (Å²) in [5, 5.41) is 3.18. The standard InChI is InChI=1S/C13H12F3N3/c1-7-18-11-6-17-3-2-12(11)19(7)8-4-9(14)13(16)10(15)5-8/h4-5,17H,2-3,6H2,1H3. The van der Waals surface area contributed by atoms with Gasteiger partial charge < -0.3 is 9.88 Å². The van der Waals surface area contributed by atoms with Crippen LogP contribution < -0.4 is 5.32 Å². The summed E-state index contributed by atoms with van der Waals surface area (Å²) in [4.78, 5) is 4.37. The number of rotatable bonds is 1. The van der Waals surface area contributed by atoms with E-state index < -0.39 is 17.5 Å². The summed E-state index contributed by atoms with van der Waals surface area (Å²) in [7, 11) is 0. The summed E-state index contributed by atoms with van der Waals surface area (Å²) < 4.78 is 41.4. The number of imidazole rings is 1.